The Morgan fingerprint density at radius 1 is 1.18 bits per heavy atom. The number of nitrogens with one attached hydrogen (secondary N) is 1. The molecule has 0 aromatic heterocycles. The summed E-state index contributed by atoms with van der Waals surface area (Å²) in [5.41, 5.74) is 3.89. The minimum Gasteiger partial charge on any atom is -0.362 e. The summed E-state index contributed by atoms with van der Waals surface area (Å²) in [7, 11) is 0. The molecule has 0 radical (unpaired) electrons. The molecule has 0 heterocycles. The van der Waals surface area contributed by atoms with Gasteiger partial charge >= 0.3 is 0 Å². The Hall–Kier alpha value is -2.00. The van der Waals surface area contributed by atoms with Crippen LogP contribution in [-0.4, -0.2) is 19.0 Å². The Balaban J connectivity index is 2.08. The first-order valence-electron chi connectivity index (χ1n) is 7.38. The lowest BCUT2D eigenvalue weighted by Gasteiger charge is -2.23. The molecular weight excluding hydrogens is 296 g/mol. The fraction of sp³-hybridized carbons (Fsp3) is 0.278. The number of halogens is 1. The SMILES string of the molecule is CCN(CC(=O)Nc1cccc(Cl)c1C)c1cccc(C)c1. The summed E-state index contributed by atoms with van der Waals surface area (Å²) in [6.07, 6.45) is 0. The van der Waals surface area contributed by atoms with Crippen molar-refractivity contribution in [2.75, 3.05) is 23.3 Å². The molecule has 0 aliphatic carbocycles. The number of hydrogen-bond donors (Lipinski definition) is 1. The van der Waals surface area contributed by atoms with Gasteiger partial charge in [-0.1, -0.05) is 29.8 Å². The summed E-state index contributed by atoms with van der Waals surface area (Å²) in [6, 6.07) is 13.7. The topological polar surface area (TPSA) is 32.3 Å². The number of nitrogens with zero attached hydrogens (tertiary/aromatic N) is 1. The van der Waals surface area contributed by atoms with Gasteiger partial charge < -0.3 is 10.2 Å². The largest absolute Gasteiger partial charge is 0.362 e. The number of carbonyl (C=O) groups is 1. The van der Waals surface area contributed by atoms with E-state index >= 15 is 0 Å². The molecule has 2 aromatic carbocycles. The second kappa shape index (κ2) is 7.32. The molecule has 2 aromatic rings. The predicted molar refractivity (Wildman–Crippen MR) is 93.9 cm³/mol. The molecule has 116 valence electrons. The van der Waals surface area contributed by atoms with E-state index in [1.165, 1.54) is 5.56 Å². The van der Waals surface area contributed by atoms with Gasteiger partial charge in [-0.3, -0.25) is 4.79 Å². The molecule has 2 rings (SSSR count). The van der Waals surface area contributed by atoms with E-state index < -0.39 is 0 Å². The van der Waals surface area contributed by atoms with Crippen LogP contribution in [0.3, 0.4) is 0 Å². The molecule has 0 atom stereocenters. The van der Waals surface area contributed by atoms with E-state index in [0.29, 0.717) is 11.6 Å². The number of benzene rings is 2. The van der Waals surface area contributed by atoms with Crippen molar-refractivity contribution in [3.63, 3.8) is 0 Å². The second-order valence-electron chi connectivity index (χ2n) is 5.31. The number of rotatable bonds is 5. The number of amides is 1. The van der Waals surface area contributed by atoms with E-state index in [1.807, 2.05) is 62.1 Å². The Labute approximate surface area is 136 Å². The molecule has 1 amide bonds. The highest BCUT2D eigenvalue weighted by atomic mass is 35.5. The van der Waals surface area contributed by atoms with Crippen molar-refractivity contribution in [1.29, 1.82) is 0 Å². The van der Waals surface area contributed by atoms with Gasteiger partial charge in [0.2, 0.25) is 5.91 Å². The van der Waals surface area contributed by atoms with E-state index in [-0.39, 0.29) is 5.91 Å². The molecule has 0 spiro atoms. The Kier molecular flexibility index (Phi) is 5.45. The lowest BCUT2D eigenvalue weighted by Crippen LogP contribution is -2.33. The van der Waals surface area contributed by atoms with Crippen LogP contribution >= 0.6 is 11.6 Å². The highest BCUT2D eigenvalue weighted by Gasteiger charge is 2.12. The number of aryl methyl sites for hydroxylation is 1. The maximum absolute atomic E-state index is 12.3. The van der Waals surface area contributed by atoms with E-state index in [2.05, 4.69) is 11.4 Å². The third kappa shape index (κ3) is 4.01. The van der Waals surface area contributed by atoms with Crippen molar-refractivity contribution in [2.45, 2.75) is 20.8 Å². The predicted octanol–water partition coefficient (Wildman–Crippen LogP) is 4.42. The number of carbonyl (C=O) groups excluding carboxylic acids is 1. The normalized spacial score (nSPS) is 10.4. The zero-order valence-corrected chi connectivity index (χ0v) is 13.9. The van der Waals surface area contributed by atoms with E-state index in [0.717, 1.165) is 23.5 Å². The monoisotopic (exact) mass is 316 g/mol. The summed E-state index contributed by atoms with van der Waals surface area (Å²) < 4.78 is 0. The van der Waals surface area contributed by atoms with Crippen LogP contribution in [-0.2, 0) is 4.79 Å². The van der Waals surface area contributed by atoms with E-state index in [1.54, 1.807) is 0 Å². The van der Waals surface area contributed by atoms with Crippen LogP contribution in [0.4, 0.5) is 11.4 Å². The van der Waals surface area contributed by atoms with Crippen LogP contribution in [0, 0.1) is 13.8 Å². The van der Waals surface area contributed by atoms with Crippen LogP contribution in [0.2, 0.25) is 5.02 Å². The van der Waals surface area contributed by atoms with Gasteiger partial charge in [0.15, 0.2) is 0 Å². The Morgan fingerprint density at radius 2 is 1.91 bits per heavy atom. The third-order valence-electron chi connectivity index (χ3n) is 3.62. The highest BCUT2D eigenvalue weighted by Crippen LogP contribution is 2.23. The summed E-state index contributed by atoms with van der Waals surface area (Å²) in [6.45, 7) is 7.07. The molecule has 0 aliphatic heterocycles. The first-order valence-corrected chi connectivity index (χ1v) is 7.75. The summed E-state index contributed by atoms with van der Waals surface area (Å²) >= 11 is 6.08. The number of anilines is 2. The fourth-order valence-electron chi connectivity index (χ4n) is 2.32. The summed E-state index contributed by atoms with van der Waals surface area (Å²) in [5, 5.41) is 3.59. The van der Waals surface area contributed by atoms with Crippen molar-refractivity contribution in [2.24, 2.45) is 0 Å². The van der Waals surface area contributed by atoms with Gasteiger partial charge in [0.1, 0.15) is 0 Å². The number of likely N-dealkylation sites (N-methyl/N-ethyl adjacent to an activating group) is 1. The molecule has 0 saturated heterocycles. The molecule has 0 aliphatic rings. The highest BCUT2D eigenvalue weighted by molar-refractivity contribution is 6.31. The smallest absolute Gasteiger partial charge is 0.243 e. The van der Waals surface area contributed by atoms with Crippen molar-refractivity contribution >= 4 is 28.9 Å². The van der Waals surface area contributed by atoms with Gasteiger partial charge in [0.25, 0.3) is 0 Å². The van der Waals surface area contributed by atoms with Crippen LogP contribution in [0.15, 0.2) is 42.5 Å². The van der Waals surface area contributed by atoms with Gasteiger partial charge in [-0.05, 0) is 56.2 Å². The van der Waals surface area contributed by atoms with Gasteiger partial charge in [0.05, 0.1) is 6.54 Å². The van der Waals surface area contributed by atoms with Gasteiger partial charge in [-0.25, -0.2) is 0 Å². The molecule has 0 unspecified atom stereocenters. The molecule has 3 nitrogen and oxygen atoms in total. The van der Waals surface area contributed by atoms with Crippen molar-refractivity contribution in [3.8, 4) is 0 Å². The minimum atomic E-state index is -0.0475. The van der Waals surface area contributed by atoms with Crippen LogP contribution in [0.1, 0.15) is 18.1 Å². The molecule has 22 heavy (non-hydrogen) atoms. The number of hydrogen-bond acceptors (Lipinski definition) is 2. The maximum atomic E-state index is 12.3. The summed E-state index contributed by atoms with van der Waals surface area (Å²) in [5.74, 6) is -0.0475. The van der Waals surface area contributed by atoms with Crippen molar-refractivity contribution in [1.82, 2.24) is 0 Å². The first-order chi connectivity index (χ1) is 10.5. The van der Waals surface area contributed by atoms with E-state index in [9.17, 15) is 4.79 Å². The molecule has 0 saturated carbocycles. The standard InChI is InChI=1S/C18H21ClN2O/c1-4-21(15-8-5-7-13(2)11-15)12-18(22)20-17-10-6-9-16(19)14(17)3/h5-11H,4,12H2,1-3H3,(H,20,22). The van der Waals surface area contributed by atoms with Crippen LogP contribution in [0.25, 0.3) is 0 Å². The zero-order valence-electron chi connectivity index (χ0n) is 13.2. The first kappa shape index (κ1) is 16.4. The molecule has 1 N–H and O–H groups in total. The lowest BCUT2D eigenvalue weighted by molar-refractivity contribution is -0.115. The Bertz CT molecular complexity index is 670. The zero-order chi connectivity index (χ0) is 16.1. The lowest BCUT2D eigenvalue weighted by atomic mass is 10.2. The Morgan fingerprint density at radius 3 is 2.59 bits per heavy atom. The minimum absolute atomic E-state index is 0.0475. The maximum Gasteiger partial charge on any atom is 0.243 e. The van der Waals surface area contributed by atoms with Crippen molar-refractivity contribution in [3.05, 3.63) is 58.6 Å². The summed E-state index contributed by atoms with van der Waals surface area (Å²) in [4.78, 5) is 14.4. The van der Waals surface area contributed by atoms with Gasteiger partial charge in [-0.2, -0.15) is 0 Å². The average molecular weight is 317 g/mol. The van der Waals surface area contributed by atoms with Gasteiger partial charge in [-0.15, -0.1) is 0 Å². The van der Waals surface area contributed by atoms with Crippen molar-refractivity contribution < 1.29 is 4.79 Å². The molecule has 4 heteroatoms. The molecular formula is C18H21ClN2O. The van der Waals surface area contributed by atoms with Crippen LogP contribution in [0.5, 0.6) is 0 Å². The van der Waals surface area contributed by atoms with E-state index in [4.69, 9.17) is 11.6 Å². The van der Waals surface area contributed by atoms with Crippen LogP contribution < -0.4 is 10.2 Å². The molecule has 0 bridgehead atoms. The fourth-order valence-corrected chi connectivity index (χ4v) is 2.49. The second-order valence-corrected chi connectivity index (χ2v) is 5.72. The molecule has 0 fully saturated rings. The quantitative estimate of drug-likeness (QED) is 0.885. The van der Waals surface area contributed by atoms with Gasteiger partial charge in [0, 0.05) is 22.9 Å². The average Bonchev–Trinajstić information content (AvgIpc) is 2.49. The third-order valence-corrected chi connectivity index (χ3v) is 4.03.